The molecule has 36 heavy (non-hydrogen) atoms. The number of amides is 2. The van der Waals surface area contributed by atoms with Crippen molar-refractivity contribution in [1.82, 2.24) is 19.8 Å². The molecule has 0 saturated heterocycles. The molecular formula is C27H34F3N5O. The van der Waals surface area contributed by atoms with Crippen LogP contribution in [0.15, 0.2) is 54.7 Å². The van der Waals surface area contributed by atoms with Gasteiger partial charge in [0.05, 0.1) is 11.7 Å². The number of hydrogen-bond donors (Lipinski definition) is 2. The van der Waals surface area contributed by atoms with E-state index in [0.29, 0.717) is 22.6 Å². The highest BCUT2D eigenvalue weighted by Crippen LogP contribution is 2.39. The van der Waals surface area contributed by atoms with E-state index in [0.717, 1.165) is 0 Å². The minimum Gasteiger partial charge on any atom is -0.341 e. The molecule has 0 fully saturated rings. The number of nitrogens with zero attached hydrogens (tertiary/aromatic N) is 3. The topological polar surface area (TPSA) is 76.2 Å². The molecule has 2 aromatic carbocycles. The summed E-state index contributed by atoms with van der Waals surface area (Å²) in [5.41, 5.74) is 7.13. The lowest BCUT2D eigenvalue weighted by Gasteiger charge is -2.40. The molecule has 0 radical (unpaired) electrons. The van der Waals surface area contributed by atoms with Crippen LogP contribution in [-0.4, -0.2) is 46.8 Å². The van der Waals surface area contributed by atoms with Crippen molar-refractivity contribution in [3.05, 3.63) is 77.8 Å². The number of aromatic nitrogens is 2. The molecular weight excluding hydrogens is 467 g/mol. The SMILES string of the molecule is CNC(=O)N(CC[C@H](N)CF)C(c1nc(-c2cccc(F)c2)cn1Cc1cccc(F)c1)C(C)(C)C. The zero-order chi connectivity index (χ0) is 26.5. The maximum atomic E-state index is 14.0. The second-order valence-corrected chi connectivity index (χ2v) is 9.97. The van der Waals surface area contributed by atoms with Gasteiger partial charge in [-0.2, -0.15) is 0 Å². The first kappa shape index (κ1) is 27.3. The number of alkyl halides is 1. The number of carbonyl (C=O) groups is 1. The number of nitrogens with one attached hydrogen (secondary N) is 1. The molecule has 3 aromatic rings. The fourth-order valence-electron chi connectivity index (χ4n) is 4.26. The van der Waals surface area contributed by atoms with E-state index in [1.807, 2.05) is 25.3 Å². The molecule has 0 bridgehead atoms. The lowest BCUT2D eigenvalue weighted by Crippen LogP contribution is -2.47. The second-order valence-electron chi connectivity index (χ2n) is 9.97. The number of imidazole rings is 1. The number of hydrogen-bond acceptors (Lipinski definition) is 3. The van der Waals surface area contributed by atoms with E-state index < -0.39 is 30.0 Å². The summed E-state index contributed by atoms with van der Waals surface area (Å²) in [6.45, 7) is 5.73. The van der Waals surface area contributed by atoms with Crippen molar-refractivity contribution < 1.29 is 18.0 Å². The number of halogens is 3. The van der Waals surface area contributed by atoms with Gasteiger partial charge < -0.3 is 20.5 Å². The molecule has 1 heterocycles. The Morgan fingerprint density at radius 1 is 1.14 bits per heavy atom. The van der Waals surface area contributed by atoms with Gasteiger partial charge in [-0.1, -0.05) is 45.0 Å². The highest BCUT2D eigenvalue weighted by Gasteiger charge is 2.38. The van der Waals surface area contributed by atoms with Gasteiger partial charge in [-0.3, -0.25) is 0 Å². The number of rotatable bonds is 9. The predicted molar refractivity (Wildman–Crippen MR) is 135 cm³/mol. The van der Waals surface area contributed by atoms with E-state index in [2.05, 4.69) is 5.32 Å². The standard InChI is InChI=1S/C27H34F3N5O/c1-27(2,3)24(35(26(36)32-4)12-11-22(31)15-28)25-33-23(19-8-6-10-21(30)14-19)17-34(25)16-18-7-5-9-20(29)13-18/h5-10,13-14,17,22,24H,11-12,15-16,31H2,1-4H3,(H,32,36)/t22-,24?/m0/s1. The molecule has 9 heteroatoms. The van der Waals surface area contributed by atoms with Crippen molar-refractivity contribution in [2.24, 2.45) is 11.1 Å². The van der Waals surface area contributed by atoms with E-state index in [-0.39, 0.29) is 31.4 Å². The summed E-state index contributed by atoms with van der Waals surface area (Å²) < 4.78 is 42.9. The number of urea groups is 1. The Morgan fingerprint density at radius 3 is 2.39 bits per heavy atom. The fraction of sp³-hybridized carbons (Fsp3) is 0.407. The van der Waals surface area contributed by atoms with Crippen LogP contribution in [0.3, 0.4) is 0 Å². The van der Waals surface area contributed by atoms with Crippen molar-refractivity contribution >= 4 is 6.03 Å². The molecule has 2 amide bonds. The van der Waals surface area contributed by atoms with Crippen LogP contribution < -0.4 is 11.1 Å². The maximum Gasteiger partial charge on any atom is 0.317 e. The van der Waals surface area contributed by atoms with Gasteiger partial charge in [-0.15, -0.1) is 0 Å². The highest BCUT2D eigenvalue weighted by atomic mass is 19.1. The average Bonchev–Trinajstić information content (AvgIpc) is 3.22. The van der Waals surface area contributed by atoms with Gasteiger partial charge in [0.2, 0.25) is 0 Å². The van der Waals surface area contributed by atoms with E-state index in [9.17, 15) is 18.0 Å². The molecule has 0 spiro atoms. The Hall–Kier alpha value is -3.33. The average molecular weight is 502 g/mol. The molecule has 0 aliphatic carbocycles. The van der Waals surface area contributed by atoms with Gasteiger partial charge in [0.25, 0.3) is 0 Å². The van der Waals surface area contributed by atoms with Crippen LogP contribution in [0.25, 0.3) is 11.3 Å². The molecule has 3 rings (SSSR count). The van der Waals surface area contributed by atoms with Crippen LogP contribution in [-0.2, 0) is 6.54 Å². The summed E-state index contributed by atoms with van der Waals surface area (Å²) in [7, 11) is 1.53. The highest BCUT2D eigenvalue weighted by molar-refractivity contribution is 5.74. The largest absolute Gasteiger partial charge is 0.341 e. The van der Waals surface area contributed by atoms with Crippen molar-refractivity contribution in [2.45, 2.75) is 45.8 Å². The summed E-state index contributed by atoms with van der Waals surface area (Å²) in [5, 5.41) is 2.67. The quantitative estimate of drug-likeness (QED) is 0.418. The van der Waals surface area contributed by atoms with E-state index in [1.165, 1.54) is 31.3 Å². The minimum absolute atomic E-state index is 0.203. The molecule has 3 N–H and O–H groups in total. The summed E-state index contributed by atoms with van der Waals surface area (Å²) in [4.78, 5) is 19.5. The van der Waals surface area contributed by atoms with Gasteiger partial charge >= 0.3 is 6.03 Å². The zero-order valence-corrected chi connectivity index (χ0v) is 21.1. The lowest BCUT2D eigenvalue weighted by atomic mass is 9.84. The van der Waals surface area contributed by atoms with Crippen LogP contribution in [0.2, 0.25) is 0 Å². The second kappa shape index (κ2) is 11.6. The smallest absolute Gasteiger partial charge is 0.317 e. The van der Waals surface area contributed by atoms with Crippen LogP contribution in [0, 0.1) is 17.0 Å². The predicted octanol–water partition coefficient (Wildman–Crippen LogP) is 5.29. The van der Waals surface area contributed by atoms with Gasteiger partial charge in [0, 0.05) is 37.9 Å². The first-order chi connectivity index (χ1) is 17.0. The number of benzene rings is 2. The van der Waals surface area contributed by atoms with Gasteiger partial charge in [-0.25, -0.2) is 22.9 Å². The molecule has 6 nitrogen and oxygen atoms in total. The third kappa shape index (κ3) is 6.66. The van der Waals surface area contributed by atoms with Crippen molar-refractivity contribution in [3.8, 4) is 11.3 Å². The molecule has 2 atom stereocenters. The molecule has 194 valence electrons. The minimum atomic E-state index is -0.701. The van der Waals surface area contributed by atoms with Crippen LogP contribution in [0.1, 0.15) is 44.6 Å². The van der Waals surface area contributed by atoms with Crippen molar-refractivity contribution in [3.63, 3.8) is 0 Å². The van der Waals surface area contributed by atoms with E-state index in [1.54, 1.807) is 35.4 Å². The van der Waals surface area contributed by atoms with E-state index >= 15 is 0 Å². The zero-order valence-electron chi connectivity index (χ0n) is 21.1. The molecule has 0 saturated carbocycles. The van der Waals surface area contributed by atoms with Crippen LogP contribution >= 0.6 is 0 Å². The third-order valence-electron chi connectivity index (χ3n) is 5.96. The summed E-state index contributed by atoms with van der Waals surface area (Å²) in [6.07, 6.45) is 2.04. The Morgan fingerprint density at radius 2 is 1.81 bits per heavy atom. The first-order valence-electron chi connectivity index (χ1n) is 11.9. The third-order valence-corrected chi connectivity index (χ3v) is 5.96. The monoisotopic (exact) mass is 501 g/mol. The lowest BCUT2D eigenvalue weighted by molar-refractivity contribution is 0.106. The molecule has 0 aliphatic rings. The van der Waals surface area contributed by atoms with Crippen LogP contribution in [0.4, 0.5) is 18.0 Å². The maximum absolute atomic E-state index is 14.0. The summed E-state index contributed by atoms with van der Waals surface area (Å²) >= 11 is 0. The van der Waals surface area contributed by atoms with Gasteiger partial charge in [0.15, 0.2) is 0 Å². The Kier molecular flexibility index (Phi) is 8.79. The van der Waals surface area contributed by atoms with Gasteiger partial charge in [0.1, 0.15) is 24.1 Å². The normalized spacial score (nSPS) is 13.3. The summed E-state index contributed by atoms with van der Waals surface area (Å²) in [5.74, 6) is -0.212. The van der Waals surface area contributed by atoms with Crippen LogP contribution in [0.5, 0.6) is 0 Å². The van der Waals surface area contributed by atoms with E-state index in [4.69, 9.17) is 10.7 Å². The van der Waals surface area contributed by atoms with Gasteiger partial charge in [-0.05, 0) is 41.7 Å². The molecule has 0 aliphatic heterocycles. The Bertz CT molecular complexity index is 1170. The number of carbonyl (C=O) groups excluding carboxylic acids is 1. The molecule has 1 unspecified atom stereocenters. The fourth-order valence-corrected chi connectivity index (χ4v) is 4.26. The van der Waals surface area contributed by atoms with Crippen molar-refractivity contribution in [1.29, 1.82) is 0 Å². The Balaban J connectivity index is 2.16. The van der Waals surface area contributed by atoms with Crippen molar-refractivity contribution in [2.75, 3.05) is 20.3 Å². The Labute approximate surface area is 210 Å². The molecule has 1 aromatic heterocycles. The summed E-state index contributed by atoms with van der Waals surface area (Å²) in [6, 6.07) is 10.7. The first-order valence-corrected chi connectivity index (χ1v) is 11.9. The number of nitrogens with two attached hydrogens (primary N) is 1.